The molecule has 0 spiro atoms. The standard InChI is InChI=1S/C16H24N2O3/c1-4-21-16(20)6-5-9-17-11-15(19)18-14-8-7-12(2)13(3)10-14/h7-8,10,17H,4-6,9,11H2,1-3H3,(H,18,19). The Morgan fingerprint density at radius 1 is 1.19 bits per heavy atom. The summed E-state index contributed by atoms with van der Waals surface area (Å²) in [6.45, 7) is 7.08. The van der Waals surface area contributed by atoms with Gasteiger partial charge in [-0.3, -0.25) is 9.59 Å². The maximum atomic E-state index is 11.7. The fourth-order valence-corrected chi connectivity index (χ4v) is 1.82. The predicted molar refractivity (Wildman–Crippen MR) is 83.3 cm³/mol. The summed E-state index contributed by atoms with van der Waals surface area (Å²) >= 11 is 0. The predicted octanol–water partition coefficient (Wildman–Crippen LogP) is 2.17. The number of anilines is 1. The minimum Gasteiger partial charge on any atom is -0.466 e. The van der Waals surface area contributed by atoms with E-state index in [1.54, 1.807) is 6.92 Å². The van der Waals surface area contributed by atoms with E-state index in [0.29, 0.717) is 26.0 Å². The Morgan fingerprint density at radius 2 is 1.95 bits per heavy atom. The van der Waals surface area contributed by atoms with Gasteiger partial charge in [0.2, 0.25) is 5.91 Å². The molecule has 116 valence electrons. The normalized spacial score (nSPS) is 10.2. The molecule has 0 unspecified atom stereocenters. The molecule has 1 aromatic rings. The van der Waals surface area contributed by atoms with Gasteiger partial charge in [0.1, 0.15) is 0 Å². The van der Waals surface area contributed by atoms with E-state index in [0.717, 1.165) is 11.3 Å². The molecule has 0 saturated heterocycles. The first-order valence-electron chi connectivity index (χ1n) is 7.26. The van der Waals surface area contributed by atoms with Crippen LogP contribution in [0.3, 0.4) is 0 Å². The minimum absolute atomic E-state index is 0.0885. The zero-order valence-electron chi connectivity index (χ0n) is 13.0. The van der Waals surface area contributed by atoms with Crippen LogP contribution in [0.25, 0.3) is 0 Å². The average molecular weight is 292 g/mol. The lowest BCUT2D eigenvalue weighted by Gasteiger charge is -2.08. The highest BCUT2D eigenvalue weighted by atomic mass is 16.5. The van der Waals surface area contributed by atoms with Crippen LogP contribution in [0.4, 0.5) is 5.69 Å². The fraction of sp³-hybridized carbons (Fsp3) is 0.500. The van der Waals surface area contributed by atoms with E-state index in [1.165, 1.54) is 5.56 Å². The molecule has 0 atom stereocenters. The van der Waals surface area contributed by atoms with Gasteiger partial charge in [0.15, 0.2) is 0 Å². The van der Waals surface area contributed by atoms with Crippen LogP contribution in [0.2, 0.25) is 0 Å². The van der Waals surface area contributed by atoms with Gasteiger partial charge in [-0.1, -0.05) is 6.07 Å². The number of carbonyl (C=O) groups excluding carboxylic acids is 2. The van der Waals surface area contributed by atoms with Crippen LogP contribution in [0, 0.1) is 13.8 Å². The van der Waals surface area contributed by atoms with Crippen molar-refractivity contribution >= 4 is 17.6 Å². The Balaban J connectivity index is 2.19. The Kier molecular flexibility index (Phi) is 7.46. The van der Waals surface area contributed by atoms with Gasteiger partial charge in [-0.25, -0.2) is 0 Å². The summed E-state index contributed by atoms with van der Waals surface area (Å²) < 4.78 is 4.82. The molecule has 0 bridgehead atoms. The topological polar surface area (TPSA) is 67.4 Å². The Hall–Kier alpha value is -1.88. The van der Waals surface area contributed by atoms with Crippen molar-refractivity contribution in [3.63, 3.8) is 0 Å². The van der Waals surface area contributed by atoms with Gasteiger partial charge in [-0.15, -0.1) is 0 Å². The molecular weight excluding hydrogens is 268 g/mol. The summed E-state index contributed by atoms with van der Waals surface area (Å²) in [7, 11) is 0. The van der Waals surface area contributed by atoms with E-state index in [-0.39, 0.29) is 18.4 Å². The molecule has 0 saturated carbocycles. The number of hydrogen-bond donors (Lipinski definition) is 2. The van der Waals surface area contributed by atoms with Crippen LogP contribution in [-0.4, -0.2) is 31.6 Å². The van der Waals surface area contributed by atoms with Gasteiger partial charge in [-0.05, 0) is 57.0 Å². The lowest BCUT2D eigenvalue weighted by molar-refractivity contribution is -0.143. The number of nitrogens with one attached hydrogen (secondary N) is 2. The van der Waals surface area contributed by atoms with Crippen LogP contribution in [0.1, 0.15) is 30.9 Å². The quantitative estimate of drug-likeness (QED) is 0.569. The van der Waals surface area contributed by atoms with Crippen molar-refractivity contribution in [1.82, 2.24) is 5.32 Å². The largest absolute Gasteiger partial charge is 0.466 e. The van der Waals surface area contributed by atoms with Crippen molar-refractivity contribution in [2.45, 2.75) is 33.6 Å². The molecule has 5 heteroatoms. The molecule has 0 aliphatic heterocycles. The van der Waals surface area contributed by atoms with E-state index < -0.39 is 0 Å². The van der Waals surface area contributed by atoms with Crippen molar-refractivity contribution in [2.24, 2.45) is 0 Å². The van der Waals surface area contributed by atoms with Gasteiger partial charge in [0.25, 0.3) is 0 Å². The second kappa shape index (κ2) is 9.13. The van der Waals surface area contributed by atoms with E-state index in [9.17, 15) is 9.59 Å². The summed E-state index contributed by atoms with van der Waals surface area (Å²) in [4.78, 5) is 22.9. The Labute approximate surface area is 126 Å². The van der Waals surface area contributed by atoms with Crippen LogP contribution < -0.4 is 10.6 Å². The third kappa shape index (κ3) is 6.90. The molecule has 1 amide bonds. The second-order valence-corrected chi connectivity index (χ2v) is 4.93. The molecule has 5 nitrogen and oxygen atoms in total. The third-order valence-electron chi connectivity index (χ3n) is 3.12. The van der Waals surface area contributed by atoms with Gasteiger partial charge in [-0.2, -0.15) is 0 Å². The van der Waals surface area contributed by atoms with Gasteiger partial charge in [0, 0.05) is 12.1 Å². The van der Waals surface area contributed by atoms with Crippen molar-refractivity contribution in [2.75, 3.05) is 25.0 Å². The summed E-state index contributed by atoms with van der Waals surface area (Å²) in [5, 5.41) is 5.85. The number of esters is 1. The molecule has 0 aliphatic rings. The summed E-state index contributed by atoms with van der Waals surface area (Å²) in [6, 6.07) is 5.83. The lowest BCUT2D eigenvalue weighted by Crippen LogP contribution is -2.29. The number of aryl methyl sites for hydroxylation is 2. The van der Waals surface area contributed by atoms with Crippen molar-refractivity contribution in [1.29, 1.82) is 0 Å². The van der Waals surface area contributed by atoms with Crippen molar-refractivity contribution in [3.8, 4) is 0 Å². The highest BCUT2D eigenvalue weighted by Crippen LogP contribution is 2.13. The smallest absolute Gasteiger partial charge is 0.305 e. The van der Waals surface area contributed by atoms with Gasteiger partial charge < -0.3 is 15.4 Å². The molecule has 1 aromatic carbocycles. The van der Waals surface area contributed by atoms with Gasteiger partial charge in [0.05, 0.1) is 13.2 Å². The summed E-state index contributed by atoms with van der Waals surface area (Å²) in [5.74, 6) is -0.284. The zero-order chi connectivity index (χ0) is 15.7. The summed E-state index contributed by atoms with van der Waals surface area (Å²) in [6.07, 6.45) is 1.04. The number of ether oxygens (including phenoxy) is 1. The molecule has 1 rings (SSSR count). The number of rotatable bonds is 8. The molecule has 0 radical (unpaired) electrons. The molecule has 0 aromatic heterocycles. The van der Waals surface area contributed by atoms with Gasteiger partial charge >= 0.3 is 5.97 Å². The maximum Gasteiger partial charge on any atom is 0.305 e. The van der Waals surface area contributed by atoms with Crippen LogP contribution in [-0.2, 0) is 14.3 Å². The summed E-state index contributed by atoms with van der Waals surface area (Å²) in [5.41, 5.74) is 3.15. The third-order valence-corrected chi connectivity index (χ3v) is 3.12. The van der Waals surface area contributed by atoms with Crippen LogP contribution in [0.15, 0.2) is 18.2 Å². The Morgan fingerprint density at radius 3 is 2.62 bits per heavy atom. The van der Waals surface area contributed by atoms with E-state index >= 15 is 0 Å². The first kappa shape index (κ1) is 17.2. The number of amides is 1. The maximum absolute atomic E-state index is 11.7. The number of benzene rings is 1. The fourth-order valence-electron chi connectivity index (χ4n) is 1.82. The zero-order valence-corrected chi connectivity index (χ0v) is 13.0. The molecule has 2 N–H and O–H groups in total. The van der Waals surface area contributed by atoms with Crippen molar-refractivity contribution in [3.05, 3.63) is 29.3 Å². The molecule has 21 heavy (non-hydrogen) atoms. The lowest BCUT2D eigenvalue weighted by atomic mass is 10.1. The second-order valence-electron chi connectivity index (χ2n) is 4.93. The average Bonchev–Trinajstić information content (AvgIpc) is 2.43. The number of hydrogen-bond acceptors (Lipinski definition) is 4. The molecule has 0 fully saturated rings. The van der Waals surface area contributed by atoms with E-state index in [4.69, 9.17) is 4.74 Å². The molecule has 0 heterocycles. The van der Waals surface area contributed by atoms with Crippen LogP contribution >= 0.6 is 0 Å². The Bertz CT molecular complexity index is 486. The van der Waals surface area contributed by atoms with Crippen LogP contribution in [0.5, 0.6) is 0 Å². The highest BCUT2D eigenvalue weighted by Gasteiger charge is 2.04. The monoisotopic (exact) mass is 292 g/mol. The first-order valence-corrected chi connectivity index (χ1v) is 7.26. The SMILES string of the molecule is CCOC(=O)CCCNCC(=O)Nc1ccc(C)c(C)c1. The first-order chi connectivity index (χ1) is 10.0. The van der Waals surface area contributed by atoms with E-state index in [1.807, 2.05) is 32.0 Å². The van der Waals surface area contributed by atoms with E-state index in [2.05, 4.69) is 10.6 Å². The number of carbonyl (C=O) groups is 2. The molecular formula is C16H24N2O3. The van der Waals surface area contributed by atoms with Crippen molar-refractivity contribution < 1.29 is 14.3 Å². The minimum atomic E-state index is -0.195. The highest BCUT2D eigenvalue weighted by molar-refractivity contribution is 5.92. The molecule has 0 aliphatic carbocycles.